The summed E-state index contributed by atoms with van der Waals surface area (Å²) in [6.45, 7) is 12.6. The maximum Gasteiger partial charge on any atom is 2.00 e. The molecule has 5 heteroatoms. The number of carbonyl (C=O) groups is 1. The van der Waals surface area contributed by atoms with E-state index in [1.807, 2.05) is 0 Å². The summed E-state index contributed by atoms with van der Waals surface area (Å²) in [6, 6.07) is 0. The fraction of sp³-hybridized carbons (Fsp3) is 0.893. The fourth-order valence-electron chi connectivity index (χ4n) is 8.67. The van der Waals surface area contributed by atoms with Gasteiger partial charge in [0.1, 0.15) is 0 Å². The number of rotatable bonds is 5. The van der Waals surface area contributed by atoms with Crippen LogP contribution in [0.25, 0.3) is 0 Å². The number of hydrogen-bond acceptors (Lipinski definition) is 4. The monoisotopic (exact) mass is 470 g/mol. The molecule has 8 atom stereocenters. The molecule has 3 fully saturated rings. The maximum atomic E-state index is 10.2. The van der Waals surface area contributed by atoms with Crippen LogP contribution in [0.3, 0.4) is 0 Å². The van der Waals surface area contributed by atoms with Gasteiger partial charge in [0.2, 0.25) is 0 Å². The summed E-state index contributed by atoms with van der Waals surface area (Å²) in [4.78, 5) is 8.33. The molecular weight excluding hydrogens is 425 g/mol. The molecule has 0 spiro atoms. The Morgan fingerprint density at radius 1 is 1.06 bits per heavy atom. The van der Waals surface area contributed by atoms with E-state index in [-0.39, 0.29) is 29.2 Å². The molecule has 0 amide bonds. The molecule has 0 aromatic heterocycles. The second-order valence-electron chi connectivity index (χ2n) is 12.4. The Morgan fingerprint density at radius 3 is 2.36 bits per heavy atom. The number of allylic oxidation sites excluding steroid dienone is 1. The first-order chi connectivity index (χ1) is 15.0. The Balaban J connectivity index is 0.000000714. The fourth-order valence-corrected chi connectivity index (χ4v) is 8.67. The predicted octanol–water partition coefficient (Wildman–Crippen LogP) is 4.56. The molecule has 184 valence electrons. The summed E-state index contributed by atoms with van der Waals surface area (Å²) in [5.41, 5.74) is 2.60. The second-order valence-corrected chi connectivity index (χ2v) is 12.4. The number of hydrogen-bond donors (Lipinski definition) is 1. The molecule has 1 N–H and O–H groups in total. The van der Waals surface area contributed by atoms with Crippen LogP contribution in [-0.4, -0.2) is 40.4 Å². The van der Waals surface area contributed by atoms with Gasteiger partial charge in [0.25, 0.3) is 0 Å². The van der Waals surface area contributed by atoms with Gasteiger partial charge in [-0.3, -0.25) is 0 Å². The van der Waals surface area contributed by atoms with E-state index < -0.39 is 6.16 Å². The van der Waals surface area contributed by atoms with Crippen molar-refractivity contribution in [3.05, 3.63) is 11.6 Å². The van der Waals surface area contributed by atoms with Gasteiger partial charge in [0.15, 0.2) is 0 Å². The van der Waals surface area contributed by atoms with E-state index >= 15 is 0 Å². The van der Waals surface area contributed by atoms with Crippen molar-refractivity contribution in [3.8, 4) is 0 Å². The predicted molar refractivity (Wildman–Crippen MR) is 130 cm³/mol. The smallest absolute Gasteiger partial charge is 0.652 e. The van der Waals surface area contributed by atoms with Crippen LogP contribution in [0, 0.1) is 46.3 Å². The molecule has 4 nitrogen and oxygen atoms in total. The molecule has 0 radical (unpaired) electrons. The molecule has 0 unspecified atom stereocenters. The average molecular weight is 471 g/mol. The number of fused-ring (bicyclic) bond motifs is 5. The third-order valence-electron chi connectivity index (χ3n) is 10.3. The van der Waals surface area contributed by atoms with Crippen LogP contribution in [0.1, 0.15) is 105 Å². The van der Waals surface area contributed by atoms with Crippen LogP contribution in [0.2, 0.25) is 0 Å². The van der Waals surface area contributed by atoms with Crippen LogP contribution in [0.4, 0.5) is 4.79 Å². The van der Waals surface area contributed by atoms with Crippen LogP contribution in [0.5, 0.6) is 0 Å². The van der Waals surface area contributed by atoms with Crippen molar-refractivity contribution in [1.29, 1.82) is 0 Å². The number of carbonyl (C=O) groups excluding carboxylic acids is 1. The second kappa shape index (κ2) is 11.6. The van der Waals surface area contributed by atoms with Crippen LogP contribution >= 0.6 is 0 Å². The van der Waals surface area contributed by atoms with Crippen molar-refractivity contribution in [2.75, 3.05) is 0 Å². The van der Waals surface area contributed by atoms with E-state index in [9.17, 15) is 5.11 Å². The van der Waals surface area contributed by atoms with Gasteiger partial charge in [-0.25, -0.2) is 0 Å². The Morgan fingerprint density at radius 2 is 1.73 bits per heavy atom. The average Bonchev–Trinajstić information content (AvgIpc) is 3.05. The van der Waals surface area contributed by atoms with Gasteiger partial charge in [-0.15, -0.1) is 0 Å². The third-order valence-corrected chi connectivity index (χ3v) is 10.3. The van der Waals surface area contributed by atoms with Gasteiger partial charge in [-0.05, 0) is 104 Å². The van der Waals surface area contributed by atoms with Crippen LogP contribution in [0.15, 0.2) is 11.6 Å². The van der Waals surface area contributed by atoms with Crippen molar-refractivity contribution in [2.24, 2.45) is 46.3 Å². The van der Waals surface area contributed by atoms with Gasteiger partial charge in [0, 0.05) is 0 Å². The Hall–Kier alpha value is -0.264. The summed E-state index contributed by atoms with van der Waals surface area (Å²) in [6.07, 6.45) is 14.8. The van der Waals surface area contributed by atoms with Crippen molar-refractivity contribution >= 4 is 29.2 Å². The summed E-state index contributed by atoms with van der Waals surface area (Å²) in [5, 5.41) is 26.9. The van der Waals surface area contributed by atoms with E-state index in [0.717, 1.165) is 48.3 Å². The van der Waals surface area contributed by atoms with Gasteiger partial charge in [0.05, 0.1) is 6.10 Å². The molecule has 0 bridgehead atoms. The van der Waals surface area contributed by atoms with Crippen molar-refractivity contribution < 1.29 is 20.1 Å². The van der Waals surface area contributed by atoms with Gasteiger partial charge in [-0.1, -0.05) is 65.5 Å². The first-order valence-corrected chi connectivity index (χ1v) is 13.2. The Bertz CT molecular complexity index is 687. The minimum absolute atomic E-state index is 0. The standard InChI is InChI=1S/C27H46O.CH2O3.Mg/c1-18(2)7-6-8-19(3)23-11-12-24-22-10-9-20-17-21(28)13-15-26(20,4)25(22)14-16-27(23,24)5;2-1(3)4;/h9,18-19,21-25,28H,6-8,10-17H2,1-5H3;(H2,2,3,4);/q;;+2/p-2/t19-,21+,22+,23-,24+,25+,26+,27-;;/m1../s1. The van der Waals surface area contributed by atoms with E-state index in [4.69, 9.17) is 15.0 Å². The van der Waals surface area contributed by atoms with Crippen molar-refractivity contribution in [2.45, 2.75) is 111 Å². The molecule has 4 aliphatic rings. The quantitative estimate of drug-likeness (QED) is 0.471. The normalized spacial score (nSPS) is 40.2. The minimum atomic E-state index is -2.33. The summed E-state index contributed by atoms with van der Waals surface area (Å²) in [5.74, 6) is 5.46. The summed E-state index contributed by atoms with van der Waals surface area (Å²) < 4.78 is 0. The molecule has 0 saturated heterocycles. The first-order valence-electron chi connectivity index (χ1n) is 13.2. The van der Waals surface area contributed by atoms with E-state index in [0.29, 0.717) is 10.8 Å². The Kier molecular flexibility index (Phi) is 10.2. The van der Waals surface area contributed by atoms with Gasteiger partial charge < -0.3 is 20.1 Å². The third kappa shape index (κ3) is 6.12. The largest absolute Gasteiger partial charge is 2.00 e. The van der Waals surface area contributed by atoms with E-state index in [2.05, 4.69) is 40.7 Å². The number of aliphatic hydroxyl groups excluding tert-OH is 1. The zero-order valence-electron chi connectivity index (χ0n) is 21.8. The Labute approximate surface area is 218 Å². The molecule has 33 heavy (non-hydrogen) atoms. The van der Waals surface area contributed by atoms with E-state index in [1.54, 1.807) is 5.57 Å². The van der Waals surface area contributed by atoms with Crippen LogP contribution < -0.4 is 10.2 Å². The SMILES string of the molecule is CC(C)CCC[C@@H](C)[C@H]1CC[C@H]2[C@@H]3CC=C4C[C@@H](O)CC[C@]4(C)[C@H]3CC[C@]12C.O=C([O-])[O-].[Mg+2]. The van der Waals surface area contributed by atoms with Crippen LogP contribution in [-0.2, 0) is 0 Å². The molecule has 0 aromatic carbocycles. The number of carboxylic acid groups (broad SMARTS) is 2. The topological polar surface area (TPSA) is 83.4 Å². The minimum Gasteiger partial charge on any atom is -0.652 e. The molecule has 0 heterocycles. The maximum absolute atomic E-state index is 10.2. The van der Waals surface area contributed by atoms with Gasteiger partial charge >= 0.3 is 23.1 Å². The molecule has 0 aliphatic heterocycles. The van der Waals surface area contributed by atoms with Crippen molar-refractivity contribution in [3.63, 3.8) is 0 Å². The molecule has 4 rings (SSSR count). The zero-order chi connectivity index (χ0) is 23.7. The molecular formula is C28H46MgO4. The van der Waals surface area contributed by atoms with Crippen molar-refractivity contribution in [1.82, 2.24) is 0 Å². The first kappa shape index (κ1) is 29.0. The number of aliphatic hydroxyl groups is 1. The summed E-state index contributed by atoms with van der Waals surface area (Å²) in [7, 11) is 0. The van der Waals surface area contributed by atoms with Gasteiger partial charge in [-0.2, -0.15) is 0 Å². The van der Waals surface area contributed by atoms with E-state index in [1.165, 1.54) is 57.8 Å². The molecule has 4 aliphatic carbocycles. The zero-order valence-corrected chi connectivity index (χ0v) is 23.2. The summed E-state index contributed by atoms with van der Waals surface area (Å²) >= 11 is 0. The molecule has 0 aromatic rings. The molecule has 3 saturated carbocycles.